The summed E-state index contributed by atoms with van der Waals surface area (Å²) in [5.74, 6) is 0.759. The molecule has 0 saturated carbocycles. The van der Waals surface area contributed by atoms with Crippen molar-refractivity contribution in [1.82, 2.24) is 18.7 Å². The Morgan fingerprint density at radius 2 is 1.96 bits per heavy atom. The molecule has 9 heteroatoms. The van der Waals surface area contributed by atoms with Crippen LogP contribution in [0.15, 0.2) is 45.3 Å². The van der Waals surface area contributed by atoms with Gasteiger partial charge in [-0.1, -0.05) is 5.16 Å². The van der Waals surface area contributed by atoms with E-state index in [2.05, 4.69) is 10.1 Å². The summed E-state index contributed by atoms with van der Waals surface area (Å²) < 4.78 is 9.32. The van der Waals surface area contributed by atoms with Crippen molar-refractivity contribution in [2.45, 2.75) is 19.1 Å². The molecule has 0 saturated heterocycles. The lowest BCUT2D eigenvalue weighted by molar-refractivity contribution is 0.0706. The van der Waals surface area contributed by atoms with Crippen molar-refractivity contribution >= 4 is 16.9 Å². The molecule has 0 amide bonds. The number of hydrogen-bond donors (Lipinski definition) is 0. The van der Waals surface area contributed by atoms with Crippen molar-refractivity contribution in [2.24, 2.45) is 19.3 Å². The summed E-state index contributed by atoms with van der Waals surface area (Å²) >= 11 is 0. The first-order valence-corrected chi connectivity index (χ1v) is 8.47. The Morgan fingerprint density at radius 1 is 1.22 bits per heavy atom. The molecule has 1 aromatic carbocycles. The summed E-state index contributed by atoms with van der Waals surface area (Å²) in [5.41, 5.74) is 1.63. The van der Waals surface area contributed by atoms with Gasteiger partial charge in [0.05, 0.1) is 25.7 Å². The molecule has 0 radical (unpaired) electrons. The zero-order valence-electron chi connectivity index (χ0n) is 15.2. The van der Waals surface area contributed by atoms with Gasteiger partial charge in [-0.2, -0.15) is 0 Å². The number of nitrogens with zero attached hydrogens (tertiary/aromatic N) is 5. The fourth-order valence-electron chi connectivity index (χ4n) is 3.24. The maximum absolute atomic E-state index is 12.8. The van der Waals surface area contributed by atoms with E-state index in [1.807, 2.05) is 24.3 Å². The number of oxime groups is 1. The molecule has 0 bridgehead atoms. The molecule has 0 aliphatic carbocycles. The highest BCUT2D eigenvalue weighted by Crippen LogP contribution is 2.20. The van der Waals surface area contributed by atoms with Crippen LogP contribution in [0.25, 0.3) is 11.2 Å². The first-order valence-electron chi connectivity index (χ1n) is 8.47. The van der Waals surface area contributed by atoms with Crippen LogP contribution in [0.3, 0.4) is 0 Å². The van der Waals surface area contributed by atoms with Crippen molar-refractivity contribution in [3.63, 3.8) is 0 Å². The van der Waals surface area contributed by atoms with Gasteiger partial charge in [-0.25, -0.2) is 9.78 Å². The molecule has 27 heavy (non-hydrogen) atoms. The number of hydrogen-bond acceptors (Lipinski definition) is 6. The molecule has 1 atom stereocenters. The van der Waals surface area contributed by atoms with Crippen LogP contribution in [0.4, 0.5) is 0 Å². The fourth-order valence-corrected chi connectivity index (χ4v) is 3.24. The highest BCUT2D eigenvalue weighted by atomic mass is 16.6. The van der Waals surface area contributed by atoms with Crippen LogP contribution < -0.4 is 16.0 Å². The van der Waals surface area contributed by atoms with E-state index in [0.29, 0.717) is 17.6 Å². The molecular formula is C18H19N5O4. The first-order chi connectivity index (χ1) is 13.0. The van der Waals surface area contributed by atoms with Gasteiger partial charge in [0.2, 0.25) is 0 Å². The van der Waals surface area contributed by atoms with E-state index in [0.717, 1.165) is 17.0 Å². The zero-order chi connectivity index (χ0) is 19.1. The van der Waals surface area contributed by atoms with Gasteiger partial charge in [-0.3, -0.25) is 13.9 Å². The second kappa shape index (κ2) is 6.42. The predicted octanol–water partition coefficient (Wildman–Crippen LogP) is 0.635. The Morgan fingerprint density at radius 3 is 2.67 bits per heavy atom. The monoisotopic (exact) mass is 369 g/mol. The summed E-state index contributed by atoms with van der Waals surface area (Å²) in [6.45, 7) is 0.121. The Hall–Kier alpha value is -3.36. The normalized spacial score (nSPS) is 16.4. The topological polar surface area (TPSA) is 92.6 Å². The first kappa shape index (κ1) is 17.1. The Labute approximate surface area is 154 Å². The number of ether oxygens (including phenoxy) is 1. The molecule has 2 aromatic heterocycles. The van der Waals surface area contributed by atoms with E-state index in [4.69, 9.17) is 9.57 Å². The molecule has 0 fully saturated rings. The Balaban J connectivity index is 1.60. The number of imidazole rings is 1. The van der Waals surface area contributed by atoms with E-state index in [1.54, 1.807) is 25.8 Å². The van der Waals surface area contributed by atoms with E-state index >= 15 is 0 Å². The Bertz CT molecular complexity index is 1150. The molecule has 4 rings (SSSR count). The standard InChI is InChI=1S/C18H19N5O4/c1-21-10-19-16-15(21)17(24)23(18(25)22(16)2)9-13-8-14(20-27-13)11-4-6-12(26-3)7-5-11/h4-7,10,13H,8-9H2,1-3H3. The summed E-state index contributed by atoms with van der Waals surface area (Å²) in [7, 11) is 4.93. The van der Waals surface area contributed by atoms with Crippen molar-refractivity contribution in [2.75, 3.05) is 7.11 Å². The van der Waals surface area contributed by atoms with Crippen LogP contribution in [-0.2, 0) is 25.5 Å². The molecule has 140 valence electrons. The van der Waals surface area contributed by atoms with E-state index in [9.17, 15) is 9.59 Å². The molecule has 9 nitrogen and oxygen atoms in total. The minimum Gasteiger partial charge on any atom is -0.497 e. The molecule has 0 N–H and O–H groups in total. The number of rotatable bonds is 4. The summed E-state index contributed by atoms with van der Waals surface area (Å²) in [6.07, 6.45) is 1.64. The van der Waals surface area contributed by atoms with Crippen LogP contribution in [0.1, 0.15) is 12.0 Å². The van der Waals surface area contributed by atoms with Crippen molar-refractivity contribution in [3.05, 3.63) is 57.0 Å². The number of fused-ring (bicyclic) bond motifs is 1. The minimum atomic E-state index is -0.423. The van der Waals surface area contributed by atoms with Crippen molar-refractivity contribution in [3.8, 4) is 5.75 Å². The molecule has 3 heterocycles. The summed E-state index contributed by atoms with van der Waals surface area (Å²) in [6, 6.07) is 7.50. The molecular weight excluding hydrogens is 350 g/mol. The van der Waals surface area contributed by atoms with Gasteiger partial charge in [-0.05, 0) is 29.8 Å². The van der Waals surface area contributed by atoms with E-state index in [-0.39, 0.29) is 12.1 Å². The van der Waals surface area contributed by atoms with Gasteiger partial charge in [-0.15, -0.1) is 0 Å². The zero-order valence-corrected chi connectivity index (χ0v) is 15.2. The quantitative estimate of drug-likeness (QED) is 0.673. The third-order valence-corrected chi connectivity index (χ3v) is 4.74. The van der Waals surface area contributed by atoms with Gasteiger partial charge < -0.3 is 14.1 Å². The van der Waals surface area contributed by atoms with Crippen LogP contribution >= 0.6 is 0 Å². The molecule has 1 unspecified atom stereocenters. The average Bonchev–Trinajstić information content (AvgIpc) is 3.30. The third kappa shape index (κ3) is 2.80. The molecule has 0 spiro atoms. The van der Waals surface area contributed by atoms with E-state index < -0.39 is 11.8 Å². The fraction of sp³-hybridized carbons (Fsp3) is 0.333. The summed E-state index contributed by atoms with van der Waals surface area (Å²) in [4.78, 5) is 35.0. The highest BCUT2D eigenvalue weighted by molar-refractivity contribution is 6.01. The molecule has 3 aromatic rings. The van der Waals surface area contributed by atoms with Crippen LogP contribution in [0, 0.1) is 0 Å². The van der Waals surface area contributed by atoms with Gasteiger partial charge >= 0.3 is 5.69 Å². The van der Waals surface area contributed by atoms with Crippen LogP contribution in [0.2, 0.25) is 0 Å². The maximum Gasteiger partial charge on any atom is 0.332 e. The lowest BCUT2D eigenvalue weighted by atomic mass is 10.0. The number of methoxy groups -OCH3 is 1. The number of aromatic nitrogens is 4. The van der Waals surface area contributed by atoms with Gasteiger partial charge in [0, 0.05) is 20.5 Å². The Kier molecular flexibility index (Phi) is 4.06. The number of aryl methyl sites for hydroxylation is 2. The maximum atomic E-state index is 12.8. The van der Waals surface area contributed by atoms with E-state index in [1.165, 1.54) is 15.5 Å². The van der Waals surface area contributed by atoms with Crippen molar-refractivity contribution < 1.29 is 9.57 Å². The second-order valence-corrected chi connectivity index (χ2v) is 6.48. The largest absolute Gasteiger partial charge is 0.497 e. The number of benzene rings is 1. The lowest BCUT2D eigenvalue weighted by Crippen LogP contribution is -2.42. The van der Waals surface area contributed by atoms with Crippen molar-refractivity contribution in [1.29, 1.82) is 0 Å². The molecule has 1 aliphatic rings. The highest BCUT2D eigenvalue weighted by Gasteiger charge is 2.25. The average molecular weight is 369 g/mol. The lowest BCUT2D eigenvalue weighted by Gasteiger charge is -2.12. The van der Waals surface area contributed by atoms with Crippen LogP contribution in [0.5, 0.6) is 5.75 Å². The molecule has 1 aliphatic heterocycles. The SMILES string of the molecule is COc1ccc(C2=NOC(Cn3c(=O)c4c(ncn4C)n(C)c3=O)C2)cc1. The predicted molar refractivity (Wildman–Crippen MR) is 99.2 cm³/mol. The summed E-state index contributed by atoms with van der Waals surface area (Å²) in [5, 5.41) is 4.12. The minimum absolute atomic E-state index is 0.121. The smallest absolute Gasteiger partial charge is 0.332 e. The van der Waals surface area contributed by atoms with Gasteiger partial charge in [0.25, 0.3) is 5.56 Å². The van der Waals surface area contributed by atoms with Gasteiger partial charge in [0.15, 0.2) is 17.3 Å². The van der Waals surface area contributed by atoms with Gasteiger partial charge in [0.1, 0.15) is 5.75 Å². The van der Waals surface area contributed by atoms with Crippen LogP contribution in [-0.4, -0.2) is 37.6 Å². The second-order valence-electron chi connectivity index (χ2n) is 6.48. The third-order valence-electron chi connectivity index (χ3n) is 4.74.